The molecule has 0 radical (unpaired) electrons. The number of aromatic nitrogens is 3. The third-order valence-electron chi connectivity index (χ3n) is 3.56. The predicted molar refractivity (Wildman–Crippen MR) is 96.2 cm³/mol. The van der Waals surface area contributed by atoms with E-state index in [4.69, 9.17) is 0 Å². The smallest absolute Gasteiger partial charge is 0.161 e. The standard InChI is InChI=1S/C18H17BrN4/c1-12-3-4-16(19)10-15(12)11-21-17-9-13(2)22-18(23-17)14-5-7-20-8-6-14/h3-10H,11H2,1-2H3,(H,21,22,23). The zero-order valence-electron chi connectivity index (χ0n) is 13.0. The molecule has 0 aliphatic carbocycles. The van der Waals surface area contributed by atoms with E-state index in [1.54, 1.807) is 12.4 Å². The lowest BCUT2D eigenvalue weighted by Crippen LogP contribution is -2.05. The van der Waals surface area contributed by atoms with Crippen LogP contribution in [0.25, 0.3) is 11.4 Å². The molecule has 23 heavy (non-hydrogen) atoms. The maximum Gasteiger partial charge on any atom is 0.161 e. The van der Waals surface area contributed by atoms with E-state index in [2.05, 4.69) is 61.3 Å². The summed E-state index contributed by atoms with van der Waals surface area (Å²) in [6.45, 7) is 4.80. The van der Waals surface area contributed by atoms with E-state index in [-0.39, 0.29) is 0 Å². The fraction of sp³-hybridized carbons (Fsp3) is 0.167. The highest BCUT2D eigenvalue weighted by Gasteiger charge is 2.06. The number of halogens is 1. The van der Waals surface area contributed by atoms with Gasteiger partial charge in [0.1, 0.15) is 5.82 Å². The Morgan fingerprint density at radius 3 is 2.57 bits per heavy atom. The third kappa shape index (κ3) is 3.93. The SMILES string of the molecule is Cc1cc(NCc2cc(Br)ccc2C)nc(-c2ccncc2)n1. The lowest BCUT2D eigenvalue weighted by atomic mass is 10.1. The number of nitrogens with one attached hydrogen (secondary N) is 1. The molecule has 3 aromatic rings. The Hall–Kier alpha value is -2.27. The molecule has 0 bridgehead atoms. The molecule has 0 aliphatic heterocycles. The molecule has 0 spiro atoms. The highest BCUT2D eigenvalue weighted by Crippen LogP contribution is 2.19. The molecule has 0 saturated heterocycles. The Balaban J connectivity index is 1.83. The second kappa shape index (κ2) is 6.87. The summed E-state index contributed by atoms with van der Waals surface area (Å²) < 4.78 is 1.08. The van der Waals surface area contributed by atoms with Crippen molar-refractivity contribution in [2.24, 2.45) is 0 Å². The Morgan fingerprint density at radius 2 is 1.78 bits per heavy atom. The van der Waals surface area contributed by atoms with Gasteiger partial charge in [-0.2, -0.15) is 0 Å². The molecule has 0 amide bonds. The van der Waals surface area contributed by atoms with Gasteiger partial charge < -0.3 is 5.32 Å². The fourth-order valence-electron chi connectivity index (χ4n) is 2.31. The average molecular weight is 369 g/mol. The van der Waals surface area contributed by atoms with Gasteiger partial charge in [-0.05, 0) is 49.2 Å². The van der Waals surface area contributed by atoms with E-state index in [9.17, 15) is 0 Å². The van der Waals surface area contributed by atoms with Crippen LogP contribution in [-0.4, -0.2) is 15.0 Å². The molecular weight excluding hydrogens is 352 g/mol. The fourth-order valence-corrected chi connectivity index (χ4v) is 2.71. The van der Waals surface area contributed by atoms with Crippen LogP contribution in [0.2, 0.25) is 0 Å². The van der Waals surface area contributed by atoms with Crippen LogP contribution in [0.4, 0.5) is 5.82 Å². The van der Waals surface area contributed by atoms with Crippen molar-refractivity contribution in [1.29, 1.82) is 0 Å². The van der Waals surface area contributed by atoms with Crippen LogP contribution in [-0.2, 0) is 6.54 Å². The predicted octanol–water partition coefficient (Wildman–Crippen LogP) is 4.53. The minimum Gasteiger partial charge on any atom is -0.366 e. The quantitative estimate of drug-likeness (QED) is 0.734. The van der Waals surface area contributed by atoms with Crippen molar-refractivity contribution in [3.05, 3.63) is 70.1 Å². The molecule has 0 saturated carbocycles. The lowest BCUT2D eigenvalue weighted by molar-refractivity contribution is 1.05. The van der Waals surface area contributed by atoms with E-state index in [1.165, 1.54) is 11.1 Å². The van der Waals surface area contributed by atoms with E-state index < -0.39 is 0 Å². The highest BCUT2D eigenvalue weighted by molar-refractivity contribution is 9.10. The first-order valence-electron chi connectivity index (χ1n) is 7.37. The van der Waals surface area contributed by atoms with E-state index in [1.807, 2.05) is 25.1 Å². The monoisotopic (exact) mass is 368 g/mol. The molecule has 0 atom stereocenters. The molecule has 0 unspecified atom stereocenters. The molecule has 4 nitrogen and oxygen atoms in total. The Kier molecular flexibility index (Phi) is 4.67. The van der Waals surface area contributed by atoms with Gasteiger partial charge in [0.15, 0.2) is 5.82 Å². The lowest BCUT2D eigenvalue weighted by Gasteiger charge is -2.11. The van der Waals surface area contributed by atoms with Crippen molar-refractivity contribution in [3.8, 4) is 11.4 Å². The van der Waals surface area contributed by atoms with Gasteiger partial charge in [-0.1, -0.05) is 22.0 Å². The summed E-state index contributed by atoms with van der Waals surface area (Å²) in [6.07, 6.45) is 3.50. The number of hydrogen-bond donors (Lipinski definition) is 1. The molecule has 2 heterocycles. The zero-order chi connectivity index (χ0) is 16.2. The summed E-state index contributed by atoms with van der Waals surface area (Å²) in [5, 5.41) is 3.39. The second-order valence-electron chi connectivity index (χ2n) is 5.38. The van der Waals surface area contributed by atoms with E-state index >= 15 is 0 Å². The van der Waals surface area contributed by atoms with E-state index in [0.29, 0.717) is 5.82 Å². The number of benzene rings is 1. The number of pyridine rings is 1. The first-order valence-corrected chi connectivity index (χ1v) is 8.16. The van der Waals surface area contributed by atoms with Crippen molar-refractivity contribution in [2.45, 2.75) is 20.4 Å². The van der Waals surface area contributed by atoms with Crippen molar-refractivity contribution in [2.75, 3.05) is 5.32 Å². The van der Waals surface area contributed by atoms with Crippen LogP contribution in [0.1, 0.15) is 16.8 Å². The highest BCUT2D eigenvalue weighted by atomic mass is 79.9. The maximum absolute atomic E-state index is 4.61. The van der Waals surface area contributed by atoms with Crippen LogP contribution in [0, 0.1) is 13.8 Å². The molecule has 0 aliphatic rings. The Morgan fingerprint density at radius 1 is 1.00 bits per heavy atom. The van der Waals surface area contributed by atoms with Crippen molar-refractivity contribution in [3.63, 3.8) is 0 Å². The minimum atomic E-state index is 0.709. The van der Waals surface area contributed by atoms with Crippen LogP contribution < -0.4 is 5.32 Å². The number of nitrogens with zero attached hydrogens (tertiary/aromatic N) is 3. The minimum absolute atomic E-state index is 0.709. The van der Waals surface area contributed by atoms with E-state index in [0.717, 1.165) is 28.1 Å². The van der Waals surface area contributed by atoms with Gasteiger partial charge in [0.2, 0.25) is 0 Å². The summed E-state index contributed by atoms with van der Waals surface area (Å²) in [5.74, 6) is 1.53. The largest absolute Gasteiger partial charge is 0.366 e. The van der Waals surface area contributed by atoms with Crippen molar-refractivity contribution in [1.82, 2.24) is 15.0 Å². The van der Waals surface area contributed by atoms with Crippen LogP contribution >= 0.6 is 15.9 Å². The first kappa shape index (κ1) is 15.6. The van der Waals surface area contributed by atoms with Gasteiger partial charge in [-0.3, -0.25) is 4.98 Å². The number of rotatable bonds is 4. The van der Waals surface area contributed by atoms with Crippen LogP contribution in [0.3, 0.4) is 0 Å². The average Bonchev–Trinajstić information content (AvgIpc) is 2.56. The zero-order valence-corrected chi connectivity index (χ0v) is 14.6. The molecule has 116 valence electrons. The number of anilines is 1. The normalized spacial score (nSPS) is 10.6. The Labute approximate surface area is 144 Å². The van der Waals surface area contributed by atoms with Gasteiger partial charge in [-0.25, -0.2) is 9.97 Å². The molecule has 2 aromatic heterocycles. The first-order chi connectivity index (χ1) is 11.1. The van der Waals surface area contributed by atoms with Gasteiger partial charge in [-0.15, -0.1) is 0 Å². The Bertz CT molecular complexity index is 819. The topological polar surface area (TPSA) is 50.7 Å². The molecule has 0 fully saturated rings. The number of aryl methyl sites for hydroxylation is 2. The summed E-state index contributed by atoms with van der Waals surface area (Å²) in [7, 11) is 0. The number of hydrogen-bond acceptors (Lipinski definition) is 4. The van der Waals surface area contributed by atoms with Crippen molar-refractivity contribution < 1.29 is 0 Å². The van der Waals surface area contributed by atoms with Gasteiger partial charge in [0, 0.05) is 40.7 Å². The summed E-state index contributed by atoms with van der Waals surface area (Å²) in [4.78, 5) is 13.1. The summed E-state index contributed by atoms with van der Waals surface area (Å²) >= 11 is 3.52. The third-order valence-corrected chi connectivity index (χ3v) is 4.06. The van der Waals surface area contributed by atoms with Gasteiger partial charge in [0.05, 0.1) is 0 Å². The molecule has 1 N–H and O–H groups in total. The summed E-state index contributed by atoms with van der Waals surface area (Å²) in [6, 6.07) is 12.1. The molecule has 3 rings (SSSR count). The molecule has 5 heteroatoms. The summed E-state index contributed by atoms with van der Waals surface area (Å²) in [5.41, 5.74) is 4.38. The van der Waals surface area contributed by atoms with Gasteiger partial charge in [0.25, 0.3) is 0 Å². The molecule has 1 aromatic carbocycles. The van der Waals surface area contributed by atoms with Crippen LogP contribution in [0.5, 0.6) is 0 Å². The van der Waals surface area contributed by atoms with Crippen molar-refractivity contribution >= 4 is 21.7 Å². The van der Waals surface area contributed by atoms with Gasteiger partial charge >= 0.3 is 0 Å². The molecular formula is C18H17BrN4. The maximum atomic E-state index is 4.61. The second-order valence-corrected chi connectivity index (χ2v) is 6.29. The van der Waals surface area contributed by atoms with Crippen LogP contribution in [0.15, 0.2) is 53.3 Å².